The van der Waals surface area contributed by atoms with E-state index in [1.54, 1.807) is 0 Å². The molecule has 0 aliphatic carbocycles. The molecule has 0 N–H and O–H groups in total. The zero-order valence-electron chi connectivity index (χ0n) is 23.7. The molecule has 3 rings (SSSR count). The molecule has 0 spiro atoms. The van der Waals surface area contributed by atoms with Crippen molar-refractivity contribution in [3.63, 3.8) is 0 Å². The van der Waals surface area contributed by atoms with E-state index in [1.165, 1.54) is 44.1 Å². The first-order chi connectivity index (χ1) is 18.6. The monoisotopic (exact) mass is 514 g/mol. The van der Waals surface area contributed by atoms with Gasteiger partial charge in [-0.15, -0.1) is 0 Å². The van der Waals surface area contributed by atoms with Crippen LogP contribution in [0.15, 0.2) is 78.9 Å². The molecule has 0 heterocycles. The fourth-order valence-electron chi connectivity index (χ4n) is 4.54. The lowest BCUT2D eigenvalue weighted by atomic mass is 10.1. The predicted molar refractivity (Wildman–Crippen MR) is 159 cm³/mol. The molecule has 0 saturated carbocycles. The molecule has 204 valence electrons. The third-order valence-electron chi connectivity index (χ3n) is 6.90. The summed E-state index contributed by atoms with van der Waals surface area (Å²) in [5.41, 5.74) is 3.13. The molecule has 0 saturated heterocycles. The molecule has 0 radical (unpaired) electrons. The number of carbonyl (C=O) groups is 1. The van der Waals surface area contributed by atoms with E-state index in [-0.39, 0.29) is 5.91 Å². The summed E-state index contributed by atoms with van der Waals surface area (Å²) in [6, 6.07) is 26.2. The molecular formula is C34H46N2O2. The molecule has 3 aromatic rings. The number of hydrogen-bond donors (Lipinski definition) is 0. The van der Waals surface area contributed by atoms with Crippen LogP contribution >= 0.6 is 0 Å². The van der Waals surface area contributed by atoms with Gasteiger partial charge in [-0.2, -0.15) is 0 Å². The molecule has 4 heteroatoms. The molecule has 38 heavy (non-hydrogen) atoms. The van der Waals surface area contributed by atoms with Crippen molar-refractivity contribution in [3.8, 4) is 11.5 Å². The van der Waals surface area contributed by atoms with Gasteiger partial charge in [-0.1, -0.05) is 82.5 Å². The number of para-hydroxylation sites is 1. The summed E-state index contributed by atoms with van der Waals surface area (Å²) < 4.78 is 6.07. The fraction of sp³-hybridized carbons (Fsp3) is 0.441. The Kier molecular flexibility index (Phi) is 12.9. The van der Waals surface area contributed by atoms with Gasteiger partial charge in [0, 0.05) is 25.2 Å². The first kappa shape index (κ1) is 29.4. The van der Waals surface area contributed by atoms with Gasteiger partial charge in [-0.05, 0) is 86.3 Å². The Hall–Kier alpha value is -3.11. The van der Waals surface area contributed by atoms with Gasteiger partial charge >= 0.3 is 0 Å². The van der Waals surface area contributed by atoms with Crippen LogP contribution in [0.25, 0.3) is 0 Å². The second-order valence-corrected chi connectivity index (χ2v) is 10.1. The van der Waals surface area contributed by atoms with E-state index in [0.717, 1.165) is 48.7 Å². The molecule has 0 aliphatic heterocycles. The summed E-state index contributed by atoms with van der Waals surface area (Å²) >= 11 is 0. The van der Waals surface area contributed by atoms with Crippen molar-refractivity contribution in [2.45, 2.75) is 72.3 Å². The normalized spacial score (nSPS) is 11.1. The molecule has 4 nitrogen and oxygen atoms in total. The van der Waals surface area contributed by atoms with Gasteiger partial charge in [-0.3, -0.25) is 4.79 Å². The summed E-state index contributed by atoms with van der Waals surface area (Å²) in [6.45, 7) is 11.0. The van der Waals surface area contributed by atoms with Crippen LogP contribution in [0.1, 0.15) is 80.8 Å². The molecule has 0 aromatic heterocycles. The highest BCUT2D eigenvalue weighted by molar-refractivity contribution is 5.94. The number of amides is 1. The van der Waals surface area contributed by atoms with E-state index in [9.17, 15) is 4.79 Å². The summed E-state index contributed by atoms with van der Waals surface area (Å²) in [6.07, 6.45) is 8.16. The lowest BCUT2D eigenvalue weighted by Crippen LogP contribution is -2.39. The Bertz CT molecular complexity index is 1060. The SMILES string of the molecule is CCCCc1ccc(C(=O)N(CCN(CCCC)CCCC)Cc2cccc(Oc3ccccc3)c2)cc1. The first-order valence-corrected chi connectivity index (χ1v) is 14.5. The van der Waals surface area contributed by atoms with Crippen LogP contribution < -0.4 is 4.74 Å². The first-order valence-electron chi connectivity index (χ1n) is 14.5. The summed E-state index contributed by atoms with van der Waals surface area (Å²) in [4.78, 5) is 18.3. The van der Waals surface area contributed by atoms with E-state index < -0.39 is 0 Å². The van der Waals surface area contributed by atoms with Crippen molar-refractivity contribution < 1.29 is 9.53 Å². The Morgan fingerprint density at radius 1 is 0.658 bits per heavy atom. The second-order valence-electron chi connectivity index (χ2n) is 10.1. The van der Waals surface area contributed by atoms with Crippen LogP contribution in [-0.2, 0) is 13.0 Å². The van der Waals surface area contributed by atoms with Crippen molar-refractivity contribution in [2.75, 3.05) is 26.2 Å². The van der Waals surface area contributed by atoms with Gasteiger partial charge in [0.15, 0.2) is 0 Å². The minimum absolute atomic E-state index is 0.0901. The van der Waals surface area contributed by atoms with Gasteiger partial charge in [0.05, 0.1) is 0 Å². The van der Waals surface area contributed by atoms with Crippen LogP contribution in [-0.4, -0.2) is 41.9 Å². The van der Waals surface area contributed by atoms with E-state index in [2.05, 4.69) is 43.9 Å². The highest BCUT2D eigenvalue weighted by Crippen LogP contribution is 2.23. The van der Waals surface area contributed by atoms with Gasteiger partial charge in [0.25, 0.3) is 5.91 Å². The van der Waals surface area contributed by atoms with Crippen molar-refractivity contribution in [1.82, 2.24) is 9.80 Å². The topological polar surface area (TPSA) is 32.8 Å². The van der Waals surface area contributed by atoms with Crippen molar-refractivity contribution in [3.05, 3.63) is 95.6 Å². The number of aryl methyl sites for hydroxylation is 1. The summed E-state index contributed by atoms with van der Waals surface area (Å²) in [7, 11) is 0. The average molecular weight is 515 g/mol. The van der Waals surface area contributed by atoms with Gasteiger partial charge < -0.3 is 14.5 Å². The largest absolute Gasteiger partial charge is 0.457 e. The number of unbranched alkanes of at least 4 members (excludes halogenated alkanes) is 3. The molecule has 1 amide bonds. The van der Waals surface area contributed by atoms with Crippen molar-refractivity contribution in [2.24, 2.45) is 0 Å². The lowest BCUT2D eigenvalue weighted by Gasteiger charge is -2.28. The van der Waals surface area contributed by atoms with E-state index in [4.69, 9.17) is 4.74 Å². The molecule has 0 unspecified atom stereocenters. The maximum Gasteiger partial charge on any atom is 0.254 e. The molecule has 0 fully saturated rings. The molecule has 0 aliphatic rings. The number of rotatable bonds is 17. The minimum atomic E-state index is 0.0901. The predicted octanol–water partition coefficient (Wildman–Crippen LogP) is 8.37. The van der Waals surface area contributed by atoms with Crippen molar-refractivity contribution in [1.29, 1.82) is 0 Å². The lowest BCUT2D eigenvalue weighted by molar-refractivity contribution is 0.0720. The molecule has 0 atom stereocenters. The Morgan fingerprint density at radius 2 is 1.32 bits per heavy atom. The Labute approximate surface area is 230 Å². The average Bonchev–Trinajstić information content (AvgIpc) is 2.95. The summed E-state index contributed by atoms with van der Waals surface area (Å²) in [5, 5.41) is 0. The van der Waals surface area contributed by atoms with E-state index in [0.29, 0.717) is 13.1 Å². The third kappa shape index (κ3) is 9.98. The van der Waals surface area contributed by atoms with Crippen LogP contribution in [0.2, 0.25) is 0 Å². The van der Waals surface area contributed by atoms with Gasteiger partial charge in [0.1, 0.15) is 11.5 Å². The standard InChI is InChI=1S/C34H46N2O2/c1-4-7-14-29-19-21-31(22-20-29)34(37)36(26-25-35(23-8-5-2)24-9-6-3)28-30-15-13-18-33(27-30)38-32-16-11-10-12-17-32/h10-13,15-22,27H,4-9,14,23-26,28H2,1-3H3. The zero-order chi connectivity index (χ0) is 27.0. The third-order valence-corrected chi connectivity index (χ3v) is 6.90. The van der Waals surface area contributed by atoms with Crippen LogP contribution in [0.5, 0.6) is 11.5 Å². The van der Waals surface area contributed by atoms with Crippen LogP contribution in [0.4, 0.5) is 0 Å². The van der Waals surface area contributed by atoms with Gasteiger partial charge in [0.2, 0.25) is 0 Å². The van der Waals surface area contributed by atoms with Crippen LogP contribution in [0, 0.1) is 0 Å². The van der Waals surface area contributed by atoms with Crippen molar-refractivity contribution >= 4 is 5.91 Å². The van der Waals surface area contributed by atoms with E-state index in [1.807, 2.05) is 65.6 Å². The summed E-state index contributed by atoms with van der Waals surface area (Å²) in [5.74, 6) is 1.68. The minimum Gasteiger partial charge on any atom is -0.457 e. The zero-order valence-corrected chi connectivity index (χ0v) is 23.7. The number of carbonyl (C=O) groups excluding carboxylic acids is 1. The quantitative estimate of drug-likeness (QED) is 0.181. The number of hydrogen-bond acceptors (Lipinski definition) is 3. The van der Waals surface area contributed by atoms with E-state index >= 15 is 0 Å². The number of benzene rings is 3. The second kappa shape index (κ2) is 16.7. The Morgan fingerprint density at radius 3 is 1.97 bits per heavy atom. The Balaban J connectivity index is 1.76. The molecular weight excluding hydrogens is 468 g/mol. The maximum atomic E-state index is 13.8. The molecule has 0 bridgehead atoms. The maximum absolute atomic E-state index is 13.8. The van der Waals surface area contributed by atoms with Gasteiger partial charge in [-0.25, -0.2) is 0 Å². The highest BCUT2D eigenvalue weighted by atomic mass is 16.5. The molecule has 3 aromatic carbocycles. The number of nitrogens with zero attached hydrogens (tertiary/aromatic N) is 2. The fourth-order valence-corrected chi connectivity index (χ4v) is 4.54. The van der Waals surface area contributed by atoms with Crippen LogP contribution in [0.3, 0.4) is 0 Å². The number of ether oxygens (including phenoxy) is 1. The highest BCUT2D eigenvalue weighted by Gasteiger charge is 2.18. The smallest absolute Gasteiger partial charge is 0.254 e.